The molecule has 1 aliphatic rings. The van der Waals surface area contributed by atoms with Crippen molar-refractivity contribution in [3.8, 4) is 29.1 Å². The summed E-state index contributed by atoms with van der Waals surface area (Å²) < 4.78 is 50.0. The average Bonchev–Trinajstić information content (AvgIpc) is 3.11. The van der Waals surface area contributed by atoms with Gasteiger partial charge in [-0.05, 0) is 62.1 Å². The number of fused-ring (bicyclic) bond motifs is 1. The first-order chi connectivity index (χ1) is 17.4. The summed E-state index contributed by atoms with van der Waals surface area (Å²) in [6, 6.07) is 13.8. The third-order valence-corrected chi connectivity index (χ3v) is 7.74. The highest BCUT2D eigenvalue weighted by atomic mass is 32.2. The lowest BCUT2D eigenvalue weighted by atomic mass is 9.92. The largest absolute Gasteiger partial charge is 0.424 e. The van der Waals surface area contributed by atoms with Crippen LogP contribution in [0.25, 0.3) is 22.2 Å². The van der Waals surface area contributed by atoms with Gasteiger partial charge < -0.3 is 9.30 Å². The van der Waals surface area contributed by atoms with Crippen molar-refractivity contribution < 1.29 is 17.5 Å². The fourth-order valence-corrected chi connectivity index (χ4v) is 5.59. The Bertz CT molecular complexity index is 1570. The van der Waals surface area contributed by atoms with Crippen LogP contribution in [0.3, 0.4) is 0 Å². The van der Waals surface area contributed by atoms with Gasteiger partial charge in [0.2, 0.25) is 10.0 Å². The van der Waals surface area contributed by atoms with E-state index in [0.717, 1.165) is 30.8 Å². The van der Waals surface area contributed by atoms with Crippen molar-refractivity contribution in [1.29, 1.82) is 5.26 Å². The number of ether oxygens (including phenoxy) is 1. The molecule has 1 fully saturated rings. The number of rotatable bonds is 8. The van der Waals surface area contributed by atoms with Crippen molar-refractivity contribution in [3.63, 3.8) is 0 Å². The lowest BCUT2D eigenvalue weighted by Crippen LogP contribution is -2.18. The molecule has 4 aromatic rings. The molecule has 1 saturated carbocycles. The normalized spacial score (nSPS) is 13.8. The summed E-state index contributed by atoms with van der Waals surface area (Å²) in [5, 5.41) is 10.8. The number of anilines is 1. The molecule has 0 unspecified atom stereocenters. The van der Waals surface area contributed by atoms with Crippen LogP contribution in [0.5, 0.6) is 11.8 Å². The molecule has 0 radical (unpaired) electrons. The number of hydrogen-bond donors (Lipinski definition) is 1. The Balaban J connectivity index is 1.63. The van der Waals surface area contributed by atoms with Gasteiger partial charge in [0, 0.05) is 35.5 Å². The number of benzene rings is 2. The molecule has 0 aliphatic heterocycles. The number of nitriles is 1. The standard InChI is InChI=1S/C26H24FN5O3S/c1-2-13-36(33,34)31-17-7-9-21(23(27)14-17)25-22(16-28)20-10-8-19(35-26-29-11-4-12-30-26)15-24(20)32(25)18-5-3-6-18/h4,7-12,14-15,18,31H,2-3,5-6,13H2,1H3. The molecule has 1 N–H and O–H groups in total. The number of aromatic nitrogens is 3. The van der Waals surface area contributed by atoms with Gasteiger partial charge in [0.25, 0.3) is 0 Å². The monoisotopic (exact) mass is 505 g/mol. The van der Waals surface area contributed by atoms with Gasteiger partial charge in [-0.25, -0.2) is 22.8 Å². The van der Waals surface area contributed by atoms with Gasteiger partial charge in [-0.1, -0.05) is 6.92 Å². The van der Waals surface area contributed by atoms with Gasteiger partial charge in [0.05, 0.1) is 28.2 Å². The molecule has 2 aromatic heterocycles. The van der Waals surface area contributed by atoms with Crippen LogP contribution in [0, 0.1) is 17.1 Å². The quantitative estimate of drug-likeness (QED) is 0.325. The predicted molar refractivity (Wildman–Crippen MR) is 135 cm³/mol. The molecule has 0 spiro atoms. The molecule has 0 saturated heterocycles. The van der Waals surface area contributed by atoms with E-state index < -0.39 is 15.8 Å². The van der Waals surface area contributed by atoms with Crippen LogP contribution in [0.2, 0.25) is 0 Å². The molecule has 1 aliphatic carbocycles. The molecular formula is C26H24FN5O3S. The highest BCUT2D eigenvalue weighted by molar-refractivity contribution is 7.92. The summed E-state index contributed by atoms with van der Waals surface area (Å²) in [6.45, 7) is 1.76. The maximum absolute atomic E-state index is 15.5. The molecular weight excluding hydrogens is 481 g/mol. The predicted octanol–water partition coefficient (Wildman–Crippen LogP) is 5.78. The molecule has 184 valence electrons. The van der Waals surface area contributed by atoms with Crippen LogP contribution in [-0.2, 0) is 10.0 Å². The first-order valence-electron chi connectivity index (χ1n) is 11.7. The number of hydrogen-bond acceptors (Lipinski definition) is 6. The van der Waals surface area contributed by atoms with E-state index in [2.05, 4.69) is 20.8 Å². The topological polar surface area (TPSA) is 110 Å². The van der Waals surface area contributed by atoms with Crippen LogP contribution in [0.15, 0.2) is 54.9 Å². The highest BCUT2D eigenvalue weighted by Gasteiger charge is 2.29. The summed E-state index contributed by atoms with van der Waals surface area (Å²) in [5.41, 5.74) is 1.98. The van der Waals surface area contributed by atoms with Gasteiger partial charge in [0.1, 0.15) is 17.6 Å². The molecule has 0 bridgehead atoms. The second-order valence-corrected chi connectivity index (χ2v) is 10.6. The second-order valence-electron chi connectivity index (χ2n) is 8.72. The zero-order chi connectivity index (χ0) is 25.3. The van der Waals surface area contributed by atoms with E-state index in [-0.39, 0.29) is 29.1 Å². The Labute approximate surface area is 208 Å². The van der Waals surface area contributed by atoms with Gasteiger partial charge in [-0.3, -0.25) is 4.72 Å². The van der Waals surface area contributed by atoms with E-state index >= 15 is 4.39 Å². The summed E-state index contributed by atoms with van der Waals surface area (Å²) in [5.74, 6) is -0.159. The lowest BCUT2D eigenvalue weighted by Gasteiger charge is -2.30. The van der Waals surface area contributed by atoms with Gasteiger partial charge in [-0.2, -0.15) is 5.26 Å². The van der Waals surface area contributed by atoms with Crippen molar-refractivity contribution in [2.75, 3.05) is 10.5 Å². The van der Waals surface area contributed by atoms with E-state index in [0.29, 0.717) is 28.8 Å². The SMILES string of the molecule is CCCS(=O)(=O)Nc1ccc(-c2c(C#N)c3ccc(Oc4ncccn4)cc3n2C2CCC2)c(F)c1. The maximum atomic E-state index is 15.5. The Morgan fingerprint density at radius 3 is 2.61 bits per heavy atom. The minimum Gasteiger partial charge on any atom is -0.424 e. The number of nitrogens with one attached hydrogen (secondary N) is 1. The first-order valence-corrected chi connectivity index (χ1v) is 13.4. The summed E-state index contributed by atoms with van der Waals surface area (Å²) in [7, 11) is -3.56. The van der Waals surface area contributed by atoms with E-state index in [4.69, 9.17) is 4.74 Å². The van der Waals surface area contributed by atoms with Crippen molar-refractivity contribution in [3.05, 3.63) is 66.2 Å². The van der Waals surface area contributed by atoms with Gasteiger partial charge in [-0.15, -0.1) is 0 Å². The van der Waals surface area contributed by atoms with Gasteiger partial charge >= 0.3 is 6.01 Å². The minimum absolute atomic E-state index is 0.0523. The number of halogens is 1. The lowest BCUT2D eigenvalue weighted by molar-refractivity contribution is 0.323. The van der Waals surface area contributed by atoms with Crippen LogP contribution in [-0.4, -0.2) is 28.7 Å². The Morgan fingerprint density at radius 1 is 1.19 bits per heavy atom. The third-order valence-electron chi connectivity index (χ3n) is 6.25. The fraction of sp³-hybridized carbons (Fsp3) is 0.269. The smallest absolute Gasteiger partial charge is 0.321 e. The van der Waals surface area contributed by atoms with Crippen LogP contribution < -0.4 is 9.46 Å². The highest BCUT2D eigenvalue weighted by Crippen LogP contribution is 2.44. The molecule has 2 heterocycles. The zero-order valence-electron chi connectivity index (χ0n) is 19.6. The zero-order valence-corrected chi connectivity index (χ0v) is 20.4. The molecule has 0 atom stereocenters. The summed E-state index contributed by atoms with van der Waals surface area (Å²) in [6.07, 6.45) is 6.47. The molecule has 8 nitrogen and oxygen atoms in total. The molecule has 0 amide bonds. The first kappa shape index (κ1) is 23.8. The Hall–Kier alpha value is -3.97. The minimum atomic E-state index is -3.56. The fourth-order valence-electron chi connectivity index (χ4n) is 4.47. The molecule has 36 heavy (non-hydrogen) atoms. The molecule has 5 rings (SSSR count). The Kier molecular flexibility index (Phi) is 6.33. The van der Waals surface area contributed by atoms with E-state index in [1.807, 2.05) is 10.6 Å². The third kappa shape index (κ3) is 4.50. The van der Waals surface area contributed by atoms with Crippen molar-refractivity contribution >= 4 is 26.6 Å². The second kappa shape index (κ2) is 9.59. The molecule has 2 aromatic carbocycles. The van der Waals surface area contributed by atoms with Crippen molar-refractivity contribution in [1.82, 2.24) is 14.5 Å². The van der Waals surface area contributed by atoms with E-state index in [1.165, 1.54) is 12.1 Å². The molecule has 10 heteroatoms. The number of nitrogens with zero attached hydrogens (tertiary/aromatic N) is 4. The van der Waals surface area contributed by atoms with Gasteiger partial charge in [0.15, 0.2) is 0 Å². The maximum Gasteiger partial charge on any atom is 0.321 e. The summed E-state index contributed by atoms with van der Waals surface area (Å²) in [4.78, 5) is 8.18. The average molecular weight is 506 g/mol. The van der Waals surface area contributed by atoms with E-state index in [9.17, 15) is 13.7 Å². The van der Waals surface area contributed by atoms with Crippen LogP contribution in [0.1, 0.15) is 44.2 Å². The van der Waals surface area contributed by atoms with Crippen LogP contribution >= 0.6 is 0 Å². The number of sulfonamides is 1. The van der Waals surface area contributed by atoms with Crippen LogP contribution in [0.4, 0.5) is 10.1 Å². The van der Waals surface area contributed by atoms with Crippen molar-refractivity contribution in [2.24, 2.45) is 0 Å². The Morgan fingerprint density at radius 2 is 1.97 bits per heavy atom. The van der Waals surface area contributed by atoms with Crippen molar-refractivity contribution in [2.45, 2.75) is 38.6 Å². The van der Waals surface area contributed by atoms with E-state index in [1.54, 1.807) is 37.5 Å². The summed E-state index contributed by atoms with van der Waals surface area (Å²) >= 11 is 0.